The van der Waals surface area contributed by atoms with Crippen molar-refractivity contribution in [3.05, 3.63) is 54.3 Å². The van der Waals surface area contributed by atoms with Crippen LogP contribution in [0.25, 0.3) is 6.08 Å². The van der Waals surface area contributed by atoms with E-state index in [-0.39, 0.29) is 6.61 Å². The fourth-order valence-electron chi connectivity index (χ4n) is 1.28. The van der Waals surface area contributed by atoms with Crippen LogP contribution < -0.4 is 0 Å². The first-order valence-corrected chi connectivity index (χ1v) is 4.96. The fraction of sp³-hybridized carbons (Fsp3) is 0.231. The van der Waals surface area contributed by atoms with Crippen molar-refractivity contribution in [3.63, 3.8) is 0 Å². The Hall–Kier alpha value is -1.54. The lowest BCUT2D eigenvalue weighted by molar-refractivity contribution is 0.167. The molecule has 1 rings (SSSR count). The van der Waals surface area contributed by atoms with Crippen molar-refractivity contribution in [2.45, 2.75) is 6.42 Å². The molecule has 1 N–H and O–H groups in total. The summed E-state index contributed by atoms with van der Waals surface area (Å²) in [5, 5.41) is 8.53. The number of aliphatic hydroxyl groups is 1. The number of benzene rings is 1. The minimum atomic E-state index is 0.0403. The lowest BCUT2D eigenvalue weighted by atomic mass is 10.0. The lowest BCUT2D eigenvalue weighted by Gasteiger charge is -2.02. The molecular formula is C13H16O2. The van der Waals surface area contributed by atoms with Gasteiger partial charge in [0.05, 0.1) is 12.9 Å². The molecule has 0 amide bonds. The standard InChI is InChI=1S/C13H16O2/c1-2-5-12-6-3-4-7-13(12)8-10-15-11-9-14/h2-4,6-8,10,14H,1,5,9,11H2. The molecule has 2 nitrogen and oxygen atoms in total. The second-order valence-corrected chi connectivity index (χ2v) is 3.09. The van der Waals surface area contributed by atoms with Crippen molar-refractivity contribution in [1.82, 2.24) is 0 Å². The van der Waals surface area contributed by atoms with Crippen LogP contribution in [-0.4, -0.2) is 18.3 Å². The monoisotopic (exact) mass is 204 g/mol. The van der Waals surface area contributed by atoms with Gasteiger partial charge in [-0.15, -0.1) is 6.58 Å². The highest BCUT2D eigenvalue weighted by atomic mass is 16.5. The molecule has 0 radical (unpaired) electrons. The maximum Gasteiger partial charge on any atom is 0.110 e. The molecule has 2 heteroatoms. The Kier molecular flexibility index (Phi) is 5.26. The van der Waals surface area contributed by atoms with Crippen LogP contribution >= 0.6 is 0 Å². The maximum absolute atomic E-state index is 8.53. The highest BCUT2D eigenvalue weighted by Gasteiger charge is 1.95. The molecule has 1 aromatic rings. The summed E-state index contributed by atoms with van der Waals surface area (Å²) in [5.41, 5.74) is 2.34. The van der Waals surface area contributed by atoms with Crippen molar-refractivity contribution < 1.29 is 9.84 Å². The van der Waals surface area contributed by atoms with Crippen LogP contribution in [0.15, 0.2) is 43.2 Å². The van der Waals surface area contributed by atoms with Crippen LogP contribution in [0.4, 0.5) is 0 Å². The third-order valence-corrected chi connectivity index (χ3v) is 1.97. The van der Waals surface area contributed by atoms with Crippen LogP contribution in [0.1, 0.15) is 11.1 Å². The van der Waals surface area contributed by atoms with Crippen LogP contribution in [0, 0.1) is 0 Å². The predicted molar refractivity (Wildman–Crippen MR) is 62.4 cm³/mol. The Morgan fingerprint density at radius 3 is 2.87 bits per heavy atom. The molecule has 0 bridgehead atoms. The van der Waals surface area contributed by atoms with Crippen LogP contribution in [0.3, 0.4) is 0 Å². The zero-order valence-corrected chi connectivity index (χ0v) is 8.73. The Bertz CT molecular complexity index is 329. The molecule has 0 aliphatic heterocycles. The van der Waals surface area contributed by atoms with Crippen LogP contribution in [-0.2, 0) is 11.2 Å². The van der Waals surface area contributed by atoms with Gasteiger partial charge in [-0.1, -0.05) is 30.3 Å². The number of ether oxygens (including phenoxy) is 1. The van der Waals surface area contributed by atoms with Gasteiger partial charge in [0, 0.05) is 0 Å². The third kappa shape index (κ3) is 4.00. The van der Waals surface area contributed by atoms with Gasteiger partial charge in [0.2, 0.25) is 0 Å². The van der Waals surface area contributed by atoms with Gasteiger partial charge in [-0.2, -0.15) is 0 Å². The van der Waals surface area contributed by atoms with Gasteiger partial charge in [-0.05, 0) is 23.6 Å². The Balaban J connectivity index is 2.66. The number of allylic oxidation sites excluding steroid dienone is 1. The second kappa shape index (κ2) is 6.85. The lowest BCUT2D eigenvalue weighted by Crippen LogP contribution is -1.92. The van der Waals surface area contributed by atoms with E-state index in [4.69, 9.17) is 9.84 Å². The molecule has 0 aliphatic carbocycles. The number of hydrogen-bond donors (Lipinski definition) is 1. The summed E-state index contributed by atoms with van der Waals surface area (Å²) in [5.74, 6) is 0. The molecule has 0 aliphatic rings. The van der Waals surface area contributed by atoms with Crippen molar-refractivity contribution in [1.29, 1.82) is 0 Å². The zero-order valence-electron chi connectivity index (χ0n) is 8.73. The molecule has 0 saturated carbocycles. The Labute approximate surface area is 90.5 Å². The normalized spacial score (nSPS) is 10.5. The molecule has 0 aromatic heterocycles. The van der Waals surface area contributed by atoms with Crippen molar-refractivity contribution in [2.24, 2.45) is 0 Å². The topological polar surface area (TPSA) is 29.5 Å². The van der Waals surface area contributed by atoms with E-state index >= 15 is 0 Å². The van der Waals surface area contributed by atoms with Gasteiger partial charge < -0.3 is 9.84 Å². The van der Waals surface area contributed by atoms with E-state index < -0.39 is 0 Å². The van der Waals surface area contributed by atoms with Crippen molar-refractivity contribution in [3.8, 4) is 0 Å². The van der Waals surface area contributed by atoms with Crippen molar-refractivity contribution >= 4 is 6.08 Å². The smallest absolute Gasteiger partial charge is 0.110 e. The molecule has 0 spiro atoms. The molecule has 0 saturated heterocycles. The summed E-state index contributed by atoms with van der Waals surface area (Å²) in [4.78, 5) is 0. The highest BCUT2D eigenvalue weighted by molar-refractivity contribution is 5.53. The summed E-state index contributed by atoms with van der Waals surface area (Å²) in [7, 11) is 0. The average Bonchev–Trinajstić information content (AvgIpc) is 2.27. The van der Waals surface area contributed by atoms with Crippen molar-refractivity contribution in [2.75, 3.05) is 13.2 Å². The zero-order chi connectivity index (χ0) is 10.9. The minimum Gasteiger partial charge on any atom is -0.499 e. The van der Waals surface area contributed by atoms with Gasteiger partial charge in [0.25, 0.3) is 0 Å². The Morgan fingerprint density at radius 2 is 2.13 bits per heavy atom. The summed E-state index contributed by atoms with van der Waals surface area (Å²) < 4.78 is 5.06. The minimum absolute atomic E-state index is 0.0403. The predicted octanol–water partition coefficient (Wildman–Crippen LogP) is 2.39. The number of rotatable bonds is 6. The highest BCUT2D eigenvalue weighted by Crippen LogP contribution is 2.11. The summed E-state index contributed by atoms with van der Waals surface area (Å²) in [6, 6.07) is 8.08. The molecule has 15 heavy (non-hydrogen) atoms. The van der Waals surface area contributed by atoms with E-state index in [9.17, 15) is 0 Å². The van der Waals surface area contributed by atoms with Gasteiger partial charge >= 0.3 is 0 Å². The van der Waals surface area contributed by atoms with Crippen LogP contribution in [0.5, 0.6) is 0 Å². The number of aliphatic hydroxyl groups excluding tert-OH is 1. The molecule has 0 atom stereocenters. The fourth-order valence-corrected chi connectivity index (χ4v) is 1.28. The van der Waals surface area contributed by atoms with E-state index in [2.05, 4.69) is 12.6 Å². The summed E-state index contributed by atoms with van der Waals surface area (Å²) in [6.45, 7) is 4.09. The Morgan fingerprint density at radius 1 is 1.33 bits per heavy atom. The number of hydrogen-bond acceptors (Lipinski definition) is 2. The molecule has 80 valence electrons. The van der Waals surface area contributed by atoms with E-state index in [1.165, 1.54) is 5.56 Å². The van der Waals surface area contributed by atoms with E-state index in [0.717, 1.165) is 12.0 Å². The summed E-state index contributed by atoms with van der Waals surface area (Å²) in [6.07, 6.45) is 6.23. The largest absolute Gasteiger partial charge is 0.499 e. The van der Waals surface area contributed by atoms with E-state index in [1.807, 2.05) is 30.4 Å². The molecule has 0 unspecified atom stereocenters. The molecule has 1 aromatic carbocycles. The van der Waals surface area contributed by atoms with Gasteiger partial charge in [0.1, 0.15) is 6.61 Å². The molecule has 0 fully saturated rings. The first-order chi connectivity index (χ1) is 7.38. The maximum atomic E-state index is 8.53. The first kappa shape index (κ1) is 11.5. The van der Waals surface area contributed by atoms with E-state index in [1.54, 1.807) is 6.26 Å². The second-order valence-electron chi connectivity index (χ2n) is 3.09. The molecular weight excluding hydrogens is 188 g/mol. The van der Waals surface area contributed by atoms with Gasteiger partial charge in [-0.25, -0.2) is 0 Å². The first-order valence-electron chi connectivity index (χ1n) is 4.96. The molecule has 0 heterocycles. The third-order valence-electron chi connectivity index (χ3n) is 1.97. The van der Waals surface area contributed by atoms with E-state index in [0.29, 0.717) is 6.61 Å². The van der Waals surface area contributed by atoms with Gasteiger partial charge in [-0.3, -0.25) is 0 Å². The summed E-state index contributed by atoms with van der Waals surface area (Å²) >= 11 is 0. The average molecular weight is 204 g/mol. The SMILES string of the molecule is C=CCc1ccccc1C=COCCO. The van der Waals surface area contributed by atoms with Crippen LogP contribution in [0.2, 0.25) is 0 Å². The van der Waals surface area contributed by atoms with Gasteiger partial charge in [0.15, 0.2) is 0 Å². The quantitative estimate of drug-likeness (QED) is 0.438.